The van der Waals surface area contributed by atoms with Crippen LogP contribution in [0.25, 0.3) is 0 Å². The van der Waals surface area contributed by atoms with Crippen molar-refractivity contribution in [3.63, 3.8) is 0 Å². The van der Waals surface area contributed by atoms with Gasteiger partial charge in [-0.25, -0.2) is 4.39 Å². The monoisotopic (exact) mass is 239 g/mol. The van der Waals surface area contributed by atoms with Crippen LogP contribution in [0.4, 0.5) is 4.39 Å². The first kappa shape index (κ1) is 13.6. The van der Waals surface area contributed by atoms with Crippen LogP contribution in [0.5, 0.6) is 0 Å². The Morgan fingerprint density at radius 3 is 2.76 bits per heavy atom. The number of halogens is 1. The van der Waals surface area contributed by atoms with Crippen molar-refractivity contribution >= 4 is 5.97 Å². The van der Waals surface area contributed by atoms with E-state index in [1.807, 2.05) is 11.0 Å². The molecule has 1 N–H and O–H groups in total. The van der Waals surface area contributed by atoms with E-state index in [1.165, 1.54) is 0 Å². The van der Waals surface area contributed by atoms with Gasteiger partial charge in [-0.05, 0) is 19.5 Å². The summed E-state index contributed by atoms with van der Waals surface area (Å²) in [5, 5.41) is 8.79. The molecule has 0 aliphatic rings. The summed E-state index contributed by atoms with van der Waals surface area (Å²) in [5.74, 6) is -1.49. The predicted molar refractivity (Wildman–Crippen MR) is 64.3 cm³/mol. The summed E-state index contributed by atoms with van der Waals surface area (Å²) in [6.45, 7) is 4.19. The highest BCUT2D eigenvalue weighted by Gasteiger charge is 2.15. The highest BCUT2D eigenvalue weighted by molar-refractivity contribution is 5.69. The topological polar surface area (TPSA) is 40.5 Å². The number of carboxylic acids is 1. The predicted octanol–water partition coefficient (Wildman–Crippen LogP) is 2.29. The van der Waals surface area contributed by atoms with Crippen LogP contribution in [0.15, 0.2) is 18.2 Å². The van der Waals surface area contributed by atoms with E-state index in [2.05, 4.69) is 0 Å². The fourth-order valence-corrected chi connectivity index (χ4v) is 1.73. The molecular formula is C13H18FNO2. The van der Waals surface area contributed by atoms with Crippen molar-refractivity contribution in [1.82, 2.24) is 4.90 Å². The molecule has 0 aliphatic heterocycles. The van der Waals surface area contributed by atoms with Gasteiger partial charge in [0.1, 0.15) is 5.82 Å². The summed E-state index contributed by atoms with van der Waals surface area (Å²) in [4.78, 5) is 12.5. The summed E-state index contributed by atoms with van der Waals surface area (Å²) in [6, 6.07) is 5.26. The first-order chi connectivity index (χ1) is 7.91. The van der Waals surface area contributed by atoms with E-state index in [0.717, 1.165) is 0 Å². The summed E-state index contributed by atoms with van der Waals surface area (Å²) < 4.78 is 13.7. The van der Waals surface area contributed by atoms with Crippen molar-refractivity contribution in [3.8, 4) is 0 Å². The van der Waals surface area contributed by atoms with Crippen molar-refractivity contribution in [2.45, 2.75) is 20.4 Å². The molecule has 3 nitrogen and oxygen atoms in total. The largest absolute Gasteiger partial charge is 0.481 e. The third-order valence-corrected chi connectivity index (χ3v) is 2.72. The number of nitrogens with zero attached hydrogens (tertiary/aromatic N) is 1. The van der Waals surface area contributed by atoms with Gasteiger partial charge < -0.3 is 10.0 Å². The second kappa shape index (κ2) is 5.77. The van der Waals surface area contributed by atoms with Gasteiger partial charge in [-0.1, -0.05) is 25.1 Å². The van der Waals surface area contributed by atoms with E-state index >= 15 is 0 Å². The van der Waals surface area contributed by atoms with Crippen molar-refractivity contribution < 1.29 is 14.3 Å². The zero-order valence-electron chi connectivity index (χ0n) is 10.4. The van der Waals surface area contributed by atoms with Gasteiger partial charge in [0.05, 0.1) is 5.92 Å². The smallest absolute Gasteiger partial charge is 0.307 e. The first-order valence-electron chi connectivity index (χ1n) is 5.57. The lowest BCUT2D eigenvalue weighted by atomic mass is 10.1. The number of hydrogen-bond donors (Lipinski definition) is 1. The zero-order valence-corrected chi connectivity index (χ0v) is 10.4. The average molecular weight is 239 g/mol. The third-order valence-electron chi connectivity index (χ3n) is 2.72. The molecule has 0 heterocycles. The molecule has 1 unspecified atom stereocenters. The number of benzene rings is 1. The first-order valence-corrected chi connectivity index (χ1v) is 5.57. The fraction of sp³-hybridized carbons (Fsp3) is 0.462. The molecule has 0 spiro atoms. The van der Waals surface area contributed by atoms with E-state index in [9.17, 15) is 9.18 Å². The Morgan fingerprint density at radius 1 is 1.53 bits per heavy atom. The lowest BCUT2D eigenvalue weighted by Gasteiger charge is -2.19. The number of aryl methyl sites for hydroxylation is 1. The average Bonchev–Trinajstić information content (AvgIpc) is 2.24. The summed E-state index contributed by atoms with van der Waals surface area (Å²) in [5.41, 5.74) is 1.22. The Morgan fingerprint density at radius 2 is 2.18 bits per heavy atom. The van der Waals surface area contributed by atoms with E-state index < -0.39 is 11.9 Å². The minimum atomic E-state index is -0.832. The molecule has 0 radical (unpaired) electrons. The SMILES string of the molecule is Cc1cccc(CN(C)CC(C)C(=O)O)c1F. The van der Waals surface area contributed by atoms with Crippen molar-refractivity contribution in [2.75, 3.05) is 13.6 Å². The van der Waals surface area contributed by atoms with Crippen molar-refractivity contribution in [2.24, 2.45) is 5.92 Å². The Kier molecular flexibility index (Phi) is 4.63. The molecular weight excluding hydrogens is 221 g/mol. The number of carbonyl (C=O) groups is 1. The zero-order chi connectivity index (χ0) is 13.0. The molecule has 0 aromatic heterocycles. The fourth-order valence-electron chi connectivity index (χ4n) is 1.73. The number of carboxylic acid groups (broad SMARTS) is 1. The van der Waals surface area contributed by atoms with Crippen LogP contribution in [0.2, 0.25) is 0 Å². The number of hydrogen-bond acceptors (Lipinski definition) is 2. The molecule has 0 bridgehead atoms. The van der Waals surface area contributed by atoms with Crippen LogP contribution in [-0.4, -0.2) is 29.6 Å². The maximum atomic E-state index is 13.7. The second-order valence-electron chi connectivity index (χ2n) is 4.48. The van der Waals surface area contributed by atoms with Gasteiger partial charge >= 0.3 is 5.97 Å². The molecule has 0 fully saturated rings. The highest BCUT2D eigenvalue weighted by Crippen LogP contribution is 2.14. The maximum absolute atomic E-state index is 13.7. The second-order valence-corrected chi connectivity index (χ2v) is 4.48. The van der Waals surface area contributed by atoms with Crippen LogP contribution < -0.4 is 0 Å². The van der Waals surface area contributed by atoms with Crippen LogP contribution >= 0.6 is 0 Å². The van der Waals surface area contributed by atoms with Gasteiger partial charge in [-0.15, -0.1) is 0 Å². The van der Waals surface area contributed by atoms with E-state index in [4.69, 9.17) is 5.11 Å². The normalized spacial score (nSPS) is 12.8. The van der Waals surface area contributed by atoms with Gasteiger partial charge in [0.2, 0.25) is 0 Å². The van der Waals surface area contributed by atoms with Gasteiger partial charge in [0.25, 0.3) is 0 Å². The minimum Gasteiger partial charge on any atom is -0.481 e. The number of rotatable bonds is 5. The molecule has 0 aliphatic carbocycles. The van der Waals surface area contributed by atoms with Crippen LogP contribution in [0.3, 0.4) is 0 Å². The molecule has 1 aromatic carbocycles. The Hall–Kier alpha value is -1.42. The molecule has 0 amide bonds. The minimum absolute atomic E-state index is 0.206. The summed E-state index contributed by atoms with van der Waals surface area (Å²) in [6.07, 6.45) is 0. The molecule has 0 saturated heterocycles. The molecule has 17 heavy (non-hydrogen) atoms. The molecule has 94 valence electrons. The Balaban J connectivity index is 2.65. The molecule has 1 rings (SSSR count). The van der Waals surface area contributed by atoms with E-state index in [1.54, 1.807) is 33.0 Å². The van der Waals surface area contributed by atoms with E-state index in [0.29, 0.717) is 24.2 Å². The van der Waals surface area contributed by atoms with Crippen LogP contribution in [-0.2, 0) is 11.3 Å². The standard InChI is InChI=1S/C13H18FNO2/c1-9-5-4-6-11(12(9)14)8-15(3)7-10(2)13(16)17/h4-6,10H,7-8H2,1-3H3,(H,16,17). The van der Waals surface area contributed by atoms with Crippen molar-refractivity contribution in [3.05, 3.63) is 35.1 Å². The summed E-state index contributed by atoms with van der Waals surface area (Å²) >= 11 is 0. The molecule has 4 heteroatoms. The highest BCUT2D eigenvalue weighted by atomic mass is 19.1. The summed E-state index contributed by atoms with van der Waals surface area (Å²) in [7, 11) is 1.79. The quantitative estimate of drug-likeness (QED) is 0.857. The lowest BCUT2D eigenvalue weighted by molar-refractivity contribution is -0.141. The van der Waals surface area contributed by atoms with Crippen LogP contribution in [0, 0.1) is 18.7 Å². The van der Waals surface area contributed by atoms with Gasteiger partial charge in [0, 0.05) is 18.7 Å². The Labute approximate surface area is 101 Å². The Bertz CT molecular complexity index is 406. The molecule has 1 atom stereocenters. The number of aliphatic carboxylic acids is 1. The van der Waals surface area contributed by atoms with E-state index in [-0.39, 0.29) is 5.82 Å². The third kappa shape index (κ3) is 3.82. The van der Waals surface area contributed by atoms with Crippen LogP contribution in [0.1, 0.15) is 18.1 Å². The van der Waals surface area contributed by atoms with Gasteiger partial charge in [-0.2, -0.15) is 0 Å². The maximum Gasteiger partial charge on any atom is 0.307 e. The van der Waals surface area contributed by atoms with Gasteiger partial charge in [-0.3, -0.25) is 4.79 Å². The lowest BCUT2D eigenvalue weighted by Crippen LogP contribution is -2.28. The molecule has 0 saturated carbocycles. The molecule has 1 aromatic rings. The van der Waals surface area contributed by atoms with Gasteiger partial charge in [0.15, 0.2) is 0 Å². The van der Waals surface area contributed by atoms with Crippen molar-refractivity contribution in [1.29, 1.82) is 0 Å².